The summed E-state index contributed by atoms with van der Waals surface area (Å²) < 4.78 is 0. The summed E-state index contributed by atoms with van der Waals surface area (Å²) in [6, 6.07) is 11.3. The second-order valence-corrected chi connectivity index (χ2v) is 7.35. The van der Waals surface area contributed by atoms with Crippen LogP contribution in [-0.2, 0) is 0 Å². The summed E-state index contributed by atoms with van der Waals surface area (Å²) >= 11 is 0. The number of rotatable bonds is 4. The molecule has 1 aromatic carbocycles. The predicted molar refractivity (Wildman–Crippen MR) is 86.8 cm³/mol. The molecule has 1 aliphatic rings. The summed E-state index contributed by atoms with van der Waals surface area (Å²) in [5, 5.41) is 0. The number of hydrogen-bond donors (Lipinski definition) is 1. The number of benzene rings is 1. The maximum absolute atomic E-state index is 6.10. The van der Waals surface area contributed by atoms with Crippen molar-refractivity contribution >= 4 is 0 Å². The molecule has 0 radical (unpaired) electrons. The fraction of sp³-hybridized carbons (Fsp3) is 0.667. The highest BCUT2D eigenvalue weighted by Gasteiger charge is 2.36. The molecule has 0 saturated carbocycles. The summed E-state index contributed by atoms with van der Waals surface area (Å²) in [4.78, 5) is 2.62. The topological polar surface area (TPSA) is 29.3 Å². The molecule has 3 atom stereocenters. The van der Waals surface area contributed by atoms with Gasteiger partial charge in [0.15, 0.2) is 0 Å². The maximum Gasteiger partial charge on any atom is 0.0284 e. The van der Waals surface area contributed by atoms with Crippen LogP contribution in [0.3, 0.4) is 0 Å². The zero-order valence-corrected chi connectivity index (χ0v) is 13.5. The first kappa shape index (κ1) is 15.5. The second kappa shape index (κ2) is 6.28. The second-order valence-electron chi connectivity index (χ2n) is 7.35. The van der Waals surface area contributed by atoms with Gasteiger partial charge < -0.3 is 5.73 Å². The Morgan fingerprint density at radius 1 is 1.25 bits per heavy atom. The summed E-state index contributed by atoms with van der Waals surface area (Å²) in [6.07, 6.45) is 1.31. The van der Waals surface area contributed by atoms with Crippen LogP contribution in [0, 0.1) is 11.3 Å². The van der Waals surface area contributed by atoms with E-state index in [9.17, 15) is 0 Å². The van der Waals surface area contributed by atoms with Gasteiger partial charge in [0, 0.05) is 19.1 Å². The molecule has 3 unspecified atom stereocenters. The maximum atomic E-state index is 6.10. The molecule has 1 saturated heterocycles. The minimum atomic E-state index is 0.407. The first-order chi connectivity index (χ1) is 9.43. The predicted octanol–water partition coefficient (Wildman–Crippen LogP) is 3.49. The lowest BCUT2D eigenvalue weighted by atomic mass is 9.80. The molecular weight excluding hydrogens is 244 g/mol. The molecule has 2 nitrogen and oxygen atoms in total. The normalized spacial score (nSPS) is 23.8. The van der Waals surface area contributed by atoms with Crippen molar-refractivity contribution in [2.45, 2.75) is 46.1 Å². The first-order valence-electron chi connectivity index (χ1n) is 7.92. The highest BCUT2D eigenvalue weighted by Crippen LogP contribution is 2.36. The average Bonchev–Trinajstić information content (AvgIpc) is 2.90. The monoisotopic (exact) mass is 274 g/mol. The molecule has 0 bridgehead atoms. The smallest absolute Gasteiger partial charge is 0.0284 e. The van der Waals surface area contributed by atoms with Crippen molar-refractivity contribution in [3.8, 4) is 0 Å². The van der Waals surface area contributed by atoms with Gasteiger partial charge in [-0.25, -0.2) is 0 Å². The van der Waals surface area contributed by atoms with Crippen LogP contribution in [0.5, 0.6) is 0 Å². The van der Waals surface area contributed by atoms with E-state index in [2.05, 4.69) is 62.9 Å². The van der Waals surface area contributed by atoms with Crippen LogP contribution in [0.2, 0.25) is 0 Å². The molecule has 0 aromatic heterocycles. The molecule has 0 spiro atoms. The Kier molecular flexibility index (Phi) is 4.87. The van der Waals surface area contributed by atoms with Gasteiger partial charge in [-0.3, -0.25) is 4.90 Å². The van der Waals surface area contributed by atoms with E-state index in [0.717, 1.165) is 12.5 Å². The molecule has 1 fully saturated rings. The van der Waals surface area contributed by atoms with E-state index in [4.69, 9.17) is 5.73 Å². The van der Waals surface area contributed by atoms with E-state index in [1.807, 2.05) is 0 Å². The average molecular weight is 274 g/mol. The van der Waals surface area contributed by atoms with Crippen LogP contribution in [-0.4, -0.2) is 30.6 Å². The fourth-order valence-electron chi connectivity index (χ4n) is 3.44. The minimum absolute atomic E-state index is 0.407. The van der Waals surface area contributed by atoms with Crippen LogP contribution in [0.1, 0.15) is 45.6 Å². The number of nitrogens with two attached hydrogens (primary N) is 1. The minimum Gasteiger partial charge on any atom is -0.329 e. The van der Waals surface area contributed by atoms with Crippen molar-refractivity contribution in [2.24, 2.45) is 17.1 Å². The summed E-state index contributed by atoms with van der Waals surface area (Å²) in [7, 11) is 0. The van der Waals surface area contributed by atoms with E-state index in [1.165, 1.54) is 25.1 Å². The molecule has 20 heavy (non-hydrogen) atoms. The van der Waals surface area contributed by atoms with E-state index in [-0.39, 0.29) is 0 Å². The Labute approximate surface area is 124 Å². The number of likely N-dealkylation sites (tertiary alicyclic amines) is 1. The van der Waals surface area contributed by atoms with Crippen molar-refractivity contribution < 1.29 is 0 Å². The van der Waals surface area contributed by atoms with Gasteiger partial charge in [-0.1, -0.05) is 58.0 Å². The number of hydrogen-bond acceptors (Lipinski definition) is 2. The highest BCUT2D eigenvalue weighted by molar-refractivity contribution is 5.21. The molecule has 112 valence electrons. The van der Waals surface area contributed by atoms with Gasteiger partial charge in [-0.05, 0) is 35.8 Å². The van der Waals surface area contributed by atoms with Gasteiger partial charge in [-0.15, -0.1) is 0 Å². The third-order valence-corrected chi connectivity index (χ3v) is 5.06. The van der Waals surface area contributed by atoms with Crippen molar-refractivity contribution in [2.75, 3.05) is 19.6 Å². The molecule has 1 aromatic rings. The summed E-state index contributed by atoms with van der Waals surface area (Å²) in [5.41, 5.74) is 7.92. The zero-order chi connectivity index (χ0) is 14.8. The van der Waals surface area contributed by atoms with Crippen molar-refractivity contribution in [3.05, 3.63) is 35.9 Å². The lowest BCUT2D eigenvalue weighted by Gasteiger charge is -2.34. The van der Waals surface area contributed by atoms with E-state index in [0.29, 0.717) is 17.4 Å². The molecule has 2 heteroatoms. The van der Waals surface area contributed by atoms with E-state index >= 15 is 0 Å². The van der Waals surface area contributed by atoms with Crippen molar-refractivity contribution in [3.63, 3.8) is 0 Å². The van der Waals surface area contributed by atoms with E-state index in [1.54, 1.807) is 0 Å². The lowest BCUT2D eigenvalue weighted by molar-refractivity contribution is 0.182. The van der Waals surface area contributed by atoms with Crippen LogP contribution >= 0.6 is 0 Å². The third-order valence-electron chi connectivity index (χ3n) is 5.06. The van der Waals surface area contributed by atoms with Crippen molar-refractivity contribution in [1.29, 1.82) is 0 Å². The molecule has 0 amide bonds. The number of nitrogens with zero attached hydrogens (tertiary/aromatic N) is 1. The standard InChI is InChI=1S/C18H30N2/c1-14(15-8-6-5-7-9-15)17(12-19)20-11-10-16(13-20)18(2,3)4/h5-9,14,16-17H,10-13,19H2,1-4H3. The van der Waals surface area contributed by atoms with Gasteiger partial charge >= 0.3 is 0 Å². The van der Waals surface area contributed by atoms with Crippen LogP contribution in [0.25, 0.3) is 0 Å². The molecule has 2 N–H and O–H groups in total. The molecule has 2 rings (SSSR count). The first-order valence-corrected chi connectivity index (χ1v) is 7.92. The quantitative estimate of drug-likeness (QED) is 0.910. The summed E-state index contributed by atoms with van der Waals surface area (Å²) in [6.45, 7) is 12.5. The third kappa shape index (κ3) is 3.42. The van der Waals surface area contributed by atoms with Gasteiger partial charge in [-0.2, -0.15) is 0 Å². The SMILES string of the molecule is CC(c1ccccc1)C(CN)N1CCC(C(C)(C)C)C1. The lowest BCUT2D eigenvalue weighted by Crippen LogP contribution is -2.43. The van der Waals surface area contributed by atoms with Crippen LogP contribution < -0.4 is 5.73 Å². The Balaban J connectivity index is 2.06. The molecule has 1 aliphatic heterocycles. The van der Waals surface area contributed by atoms with E-state index < -0.39 is 0 Å². The fourth-order valence-corrected chi connectivity index (χ4v) is 3.44. The zero-order valence-electron chi connectivity index (χ0n) is 13.5. The summed E-state index contributed by atoms with van der Waals surface area (Å²) in [5.74, 6) is 1.29. The molecular formula is C18H30N2. The Morgan fingerprint density at radius 2 is 1.90 bits per heavy atom. The van der Waals surface area contributed by atoms with Gasteiger partial charge in [0.25, 0.3) is 0 Å². The highest BCUT2D eigenvalue weighted by atomic mass is 15.2. The van der Waals surface area contributed by atoms with Crippen molar-refractivity contribution in [1.82, 2.24) is 4.90 Å². The van der Waals surface area contributed by atoms with Crippen LogP contribution in [0.4, 0.5) is 0 Å². The van der Waals surface area contributed by atoms with Gasteiger partial charge in [0.05, 0.1) is 0 Å². The van der Waals surface area contributed by atoms with Gasteiger partial charge in [0.1, 0.15) is 0 Å². The van der Waals surface area contributed by atoms with Gasteiger partial charge in [0.2, 0.25) is 0 Å². The molecule has 0 aliphatic carbocycles. The largest absolute Gasteiger partial charge is 0.329 e. The Morgan fingerprint density at radius 3 is 2.40 bits per heavy atom. The Bertz CT molecular complexity index is 407. The molecule has 1 heterocycles. The Hall–Kier alpha value is -0.860. The van der Waals surface area contributed by atoms with Crippen LogP contribution in [0.15, 0.2) is 30.3 Å².